The number of hydrogen-bond acceptors (Lipinski definition) is 3. The highest BCUT2D eigenvalue weighted by atomic mass is 16.5. The van der Waals surface area contributed by atoms with Gasteiger partial charge >= 0.3 is 0 Å². The number of ether oxygens (including phenoxy) is 2. The van der Waals surface area contributed by atoms with E-state index < -0.39 is 0 Å². The third kappa shape index (κ3) is 9.80. The van der Waals surface area contributed by atoms with Gasteiger partial charge in [0.15, 0.2) is 0 Å². The molecule has 0 aliphatic carbocycles. The summed E-state index contributed by atoms with van der Waals surface area (Å²) in [5.41, 5.74) is 0. The molecule has 0 heterocycles. The van der Waals surface area contributed by atoms with Crippen LogP contribution in [0.3, 0.4) is 0 Å². The van der Waals surface area contributed by atoms with E-state index in [1.807, 2.05) is 6.92 Å². The first-order valence-electron chi connectivity index (χ1n) is 4.97. The summed E-state index contributed by atoms with van der Waals surface area (Å²) in [7, 11) is 0. The van der Waals surface area contributed by atoms with E-state index in [4.69, 9.17) is 14.6 Å². The quantitative estimate of drug-likeness (QED) is 0.589. The predicted octanol–water partition coefficient (Wildman–Crippen LogP) is 1.45. The van der Waals surface area contributed by atoms with Gasteiger partial charge in [0, 0.05) is 19.8 Å². The zero-order valence-corrected chi connectivity index (χ0v) is 8.95. The van der Waals surface area contributed by atoms with E-state index in [1.165, 1.54) is 0 Å². The molecule has 0 radical (unpaired) electrons. The van der Waals surface area contributed by atoms with Crippen LogP contribution in [-0.4, -0.2) is 37.6 Å². The van der Waals surface area contributed by atoms with E-state index in [2.05, 4.69) is 13.8 Å². The summed E-state index contributed by atoms with van der Waals surface area (Å²) in [4.78, 5) is 0. The molecule has 0 fully saturated rings. The highest BCUT2D eigenvalue weighted by Crippen LogP contribution is 1.95. The molecule has 0 aliphatic rings. The minimum atomic E-state index is -0.0508. The normalized spacial score (nSPS) is 13.6. The Labute approximate surface area is 81.0 Å². The van der Waals surface area contributed by atoms with Crippen molar-refractivity contribution >= 4 is 0 Å². The van der Waals surface area contributed by atoms with Gasteiger partial charge in [-0.25, -0.2) is 0 Å². The van der Waals surface area contributed by atoms with Crippen LogP contribution in [0.1, 0.15) is 27.2 Å². The molecule has 0 aliphatic heterocycles. The lowest BCUT2D eigenvalue weighted by molar-refractivity contribution is 0.00998. The second kappa shape index (κ2) is 8.48. The molecule has 0 saturated carbocycles. The Morgan fingerprint density at radius 2 is 1.85 bits per heavy atom. The van der Waals surface area contributed by atoms with Crippen LogP contribution in [0.5, 0.6) is 0 Å². The van der Waals surface area contributed by atoms with Crippen molar-refractivity contribution in [2.24, 2.45) is 5.92 Å². The van der Waals surface area contributed by atoms with Crippen molar-refractivity contribution in [3.63, 3.8) is 0 Å². The van der Waals surface area contributed by atoms with E-state index in [-0.39, 0.29) is 12.7 Å². The van der Waals surface area contributed by atoms with Gasteiger partial charge in [-0.15, -0.1) is 0 Å². The molecular formula is C10H22O3. The zero-order chi connectivity index (χ0) is 10.1. The molecule has 0 aromatic rings. The smallest absolute Gasteiger partial charge is 0.0777 e. The average molecular weight is 190 g/mol. The lowest BCUT2D eigenvalue weighted by atomic mass is 10.2. The van der Waals surface area contributed by atoms with Gasteiger partial charge in [-0.2, -0.15) is 0 Å². The van der Waals surface area contributed by atoms with Gasteiger partial charge in [0.05, 0.1) is 12.7 Å². The summed E-state index contributed by atoms with van der Waals surface area (Å²) in [5, 5.41) is 8.65. The Hall–Kier alpha value is -0.120. The molecule has 3 heteroatoms. The largest absolute Gasteiger partial charge is 0.394 e. The maximum atomic E-state index is 8.65. The molecule has 0 aromatic heterocycles. The van der Waals surface area contributed by atoms with Crippen molar-refractivity contribution in [3.05, 3.63) is 0 Å². The zero-order valence-electron chi connectivity index (χ0n) is 8.95. The maximum absolute atomic E-state index is 8.65. The summed E-state index contributed by atoms with van der Waals surface area (Å²) < 4.78 is 10.6. The lowest BCUT2D eigenvalue weighted by Gasteiger charge is -2.10. The molecule has 80 valence electrons. The lowest BCUT2D eigenvalue weighted by Crippen LogP contribution is -2.15. The Morgan fingerprint density at radius 3 is 2.38 bits per heavy atom. The van der Waals surface area contributed by atoms with Crippen LogP contribution < -0.4 is 0 Å². The van der Waals surface area contributed by atoms with E-state index in [0.717, 1.165) is 19.6 Å². The van der Waals surface area contributed by atoms with Crippen molar-refractivity contribution < 1.29 is 14.6 Å². The Balaban J connectivity index is 2.99. The van der Waals surface area contributed by atoms with Crippen LogP contribution in [0.25, 0.3) is 0 Å². The molecule has 1 N–H and O–H groups in total. The number of aliphatic hydroxyl groups excluding tert-OH is 1. The maximum Gasteiger partial charge on any atom is 0.0777 e. The van der Waals surface area contributed by atoms with Gasteiger partial charge in [-0.05, 0) is 19.3 Å². The van der Waals surface area contributed by atoms with Gasteiger partial charge in [-0.1, -0.05) is 13.8 Å². The molecule has 0 amide bonds. The Bertz CT molecular complexity index is 104. The fourth-order valence-corrected chi connectivity index (χ4v) is 0.817. The number of rotatable bonds is 8. The molecule has 0 aromatic carbocycles. The van der Waals surface area contributed by atoms with Gasteiger partial charge in [0.25, 0.3) is 0 Å². The van der Waals surface area contributed by atoms with Crippen molar-refractivity contribution in [1.82, 2.24) is 0 Å². The van der Waals surface area contributed by atoms with Gasteiger partial charge in [0.1, 0.15) is 0 Å². The SMILES string of the molecule is CC(C)COCCCOC(C)CO. The summed E-state index contributed by atoms with van der Waals surface area (Å²) in [6, 6.07) is 0. The monoisotopic (exact) mass is 190 g/mol. The van der Waals surface area contributed by atoms with Crippen molar-refractivity contribution in [3.8, 4) is 0 Å². The topological polar surface area (TPSA) is 38.7 Å². The van der Waals surface area contributed by atoms with Crippen molar-refractivity contribution in [1.29, 1.82) is 0 Å². The highest BCUT2D eigenvalue weighted by molar-refractivity contribution is 4.45. The van der Waals surface area contributed by atoms with E-state index in [1.54, 1.807) is 0 Å². The molecule has 0 rings (SSSR count). The van der Waals surface area contributed by atoms with Crippen molar-refractivity contribution in [2.45, 2.75) is 33.3 Å². The molecule has 0 spiro atoms. The predicted molar refractivity (Wildman–Crippen MR) is 52.8 cm³/mol. The van der Waals surface area contributed by atoms with Crippen LogP contribution in [0.4, 0.5) is 0 Å². The molecule has 3 nitrogen and oxygen atoms in total. The fourth-order valence-electron chi connectivity index (χ4n) is 0.817. The molecule has 1 unspecified atom stereocenters. The average Bonchev–Trinajstić information content (AvgIpc) is 2.10. The summed E-state index contributed by atoms with van der Waals surface area (Å²) in [6.45, 7) is 8.43. The molecular weight excluding hydrogens is 168 g/mol. The van der Waals surface area contributed by atoms with Crippen molar-refractivity contribution in [2.75, 3.05) is 26.4 Å². The van der Waals surface area contributed by atoms with Crippen LogP contribution in [-0.2, 0) is 9.47 Å². The standard InChI is InChI=1S/C10H22O3/c1-9(2)8-12-5-4-6-13-10(3)7-11/h9-11H,4-8H2,1-3H3. The Morgan fingerprint density at radius 1 is 1.15 bits per heavy atom. The van der Waals surface area contributed by atoms with Gasteiger partial charge in [0.2, 0.25) is 0 Å². The van der Waals surface area contributed by atoms with E-state index in [9.17, 15) is 0 Å². The van der Waals surface area contributed by atoms with Gasteiger partial charge in [-0.3, -0.25) is 0 Å². The van der Waals surface area contributed by atoms with E-state index >= 15 is 0 Å². The second-order valence-corrected chi connectivity index (χ2v) is 3.69. The first-order valence-corrected chi connectivity index (χ1v) is 4.97. The highest BCUT2D eigenvalue weighted by Gasteiger charge is 1.98. The first kappa shape index (κ1) is 12.9. The number of aliphatic hydroxyl groups is 1. The number of hydrogen-bond donors (Lipinski definition) is 1. The molecule has 1 atom stereocenters. The second-order valence-electron chi connectivity index (χ2n) is 3.69. The third-order valence-electron chi connectivity index (χ3n) is 1.54. The molecule has 0 saturated heterocycles. The molecule has 13 heavy (non-hydrogen) atoms. The summed E-state index contributed by atoms with van der Waals surface area (Å²) in [5.74, 6) is 0.595. The van der Waals surface area contributed by atoms with Crippen LogP contribution in [0, 0.1) is 5.92 Å². The summed E-state index contributed by atoms with van der Waals surface area (Å²) >= 11 is 0. The van der Waals surface area contributed by atoms with Crippen LogP contribution in [0.15, 0.2) is 0 Å². The summed E-state index contributed by atoms with van der Waals surface area (Å²) in [6.07, 6.45) is 0.849. The first-order chi connectivity index (χ1) is 6.16. The molecule has 0 bridgehead atoms. The minimum Gasteiger partial charge on any atom is -0.394 e. The minimum absolute atomic E-state index is 0.0508. The van der Waals surface area contributed by atoms with Crippen LogP contribution >= 0.6 is 0 Å². The fraction of sp³-hybridized carbons (Fsp3) is 1.00. The Kier molecular flexibility index (Phi) is 8.40. The third-order valence-corrected chi connectivity index (χ3v) is 1.54. The van der Waals surface area contributed by atoms with Crippen LogP contribution in [0.2, 0.25) is 0 Å². The van der Waals surface area contributed by atoms with E-state index in [0.29, 0.717) is 12.5 Å². The van der Waals surface area contributed by atoms with Gasteiger partial charge < -0.3 is 14.6 Å².